The Morgan fingerprint density at radius 1 is 0.867 bits per heavy atom. The van der Waals surface area contributed by atoms with E-state index < -0.39 is 0 Å². The number of rotatable bonds is 3. The van der Waals surface area contributed by atoms with Crippen LogP contribution < -0.4 is 14.3 Å². The van der Waals surface area contributed by atoms with E-state index in [4.69, 9.17) is 18.8 Å². The van der Waals surface area contributed by atoms with Gasteiger partial charge in [0, 0.05) is 4.78 Å². The first-order valence-corrected chi connectivity index (χ1v) is 11.1. The van der Waals surface area contributed by atoms with Crippen LogP contribution in [0.2, 0.25) is 0 Å². The Labute approximate surface area is 188 Å². The molecule has 1 aromatic carbocycles. The summed E-state index contributed by atoms with van der Waals surface area (Å²) >= 11 is 1.67. The van der Waals surface area contributed by atoms with E-state index >= 15 is 0 Å². The SMILES string of the molecule is C=C.CC.CC1(C)OB(c2cccs2)OC1(C)C.COc1cc(C)c(OC)cc1C. The van der Waals surface area contributed by atoms with E-state index in [1.807, 2.05) is 57.3 Å². The van der Waals surface area contributed by atoms with Crippen molar-refractivity contribution in [3.05, 3.63) is 53.9 Å². The van der Waals surface area contributed by atoms with Crippen LogP contribution in [0.5, 0.6) is 11.5 Å². The van der Waals surface area contributed by atoms with Crippen molar-refractivity contribution in [2.75, 3.05) is 14.2 Å². The average Bonchev–Trinajstić information content (AvgIpc) is 3.33. The fourth-order valence-electron chi connectivity index (χ4n) is 2.59. The lowest BCUT2D eigenvalue weighted by Crippen LogP contribution is -2.41. The monoisotopic (exact) mass is 434 g/mol. The second-order valence-corrected chi connectivity index (χ2v) is 8.37. The van der Waals surface area contributed by atoms with E-state index in [1.165, 1.54) is 0 Å². The summed E-state index contributed by atoms with van der Waals surface area (Å²) in [5.74, 6) is 1.82. The molecule has 168 valence electrons. The van der Waals surface area contributed by atoms with E-state index in [9.17, 15) is 0 Å². The molecule has 0 aliphatic carbocycles. The highest BCUT2D eigenvalue weighted by molar-refractivity contribution is 7.20. The van der Waals surface area contributed by atoms with Gasteiger partial charge in [0.2, 0.25) is 0 Å². The smallest absolute Gasteiger partial charge is 0.496 e. The molecule has 4 nitrogen and oxygen atoms in total. The summed E-state index contributed by atoms with van der Waals surface area (Å²) in [5, 5.41) is 2.04. The minimum atomic E-state index is -0.234. The zero-order valence-electron chi connectivity index (χ0n) is 20.4. The molecule has 1 aromatic heterocycles. The molecule has 0 bridgehead atoms. The van der Waals surface area contributed by atoms with Gasteiger partial charge in [0.1, 0.15) is 11.5 Å². The number of hydrogen-bond donors (Lipinski definition) is 0. The maximum atomic E-state index is 5.90. The third-order valence-corrected chi connectivity index (χ3v) is 5.83. The molecule has 0 atom stereocenters. The Hall–Kier alpha value is -1.76. The topological polar surface area (TPSA) is 36.9 Å². The van der Waals surface area contributed by atoms with Crippen LogP contribution in [0.15, 0.2) is 42.8 Å². The second kappa shape index (κ2) is 12.8. The molecular formula is C24H39BO4S. The van der Waals surface area contributed by atoms with Crippen molar-refractivity contribution < 1.29 is 18.8 Å². The molecule has 3 rings (SSSR count). The molecule has 1 saturated heterocycles. The third-order valence-electron chi connectivity index (χ3n) is 4.94. The van der Waals surface area contributed by atoms with Crippen molar-refractivity contribution in [1.29, 1.82) is 0 Å². The number of ether oxygens (including phenoxy) is 2. The minimum absolute atomic E-state index is 0.194. The molecule has 0 saturated carbocycles. The zero-order chi connectivity index (χ0) is 23.5. The van der Waals surface area contributed by atoms with Crippen molar-refractivity contribution >= 4 is 23.2 Å². The first-order chi connectivity index (χ1) is 14.1. The van der Waals surface area contributed by atoms with Gasteiger partial charge in [0.25, 0.3) is 0 Å². The van der Waals surface area contributed by atoms with Gasteiger partial charge >= 0.3 is 7.12 Å². The average molecular weight is 434 g/mol. The lowest BCUT2D eigenvalue weighted by atomic mass is 9.88. The summed E-state index contributed by atoms with van der Waals surface area (Å²) in [6, 6.07) is 8.03. The van der Waals surface area contributed by atoms with Crippen LogP contribution in [0.3, 0.4) is 0 Å². The number of benzene rings is 1. The van der Waals surface area contributed by atoms with Gasteiger partial charge in [-0.25, -0.2) is 0 Å². The summed E-state index contributed by atoms with van der Waals surface area (Å²) in [6.07, 6.45) is 0. The highest BCUT2D eigenvalue weighted by atomic mass is 32.1. The Morgan fingerprint density at radius 3 is 1.57 bits per heavy atom. The number of methoxy groups -OCH3 is 2. The molecule has 0 unspecified atom stereocenters. The fraction of sp³-hybridized carbons (Fsp3) is 0.500. The van der Waals surface area contributed by atoms with Crippen molar-refractivity contribution in [2.45, 2.75) is 66.6 Å². The highest BCUT2D eigenvalue weighted by Crippen LogP contribution is 2.36. The molecule has 0 spiro atoms. The standard InChI is InChI=1S/C10H15BO2S.C10H14O2.C2H6.C2H4/c1-9(2)10(3,4)13-11(12-9)8-6-5-7-14-8;1-7-5-10(12-4)8(2)6-9(7)11-3;2*1-2/h5-7H,1-4H3;5-6H,1-4H3;1-2H3;1-2H2. The van der Waals surface area contributed by atoms with Gasteiger partial charge in [0.05, 0.1) is 25.4 Å². The van der Waals surface area contributed by atoms with E-state index in [0.717, 1.165) is 27.4 Å². The number of aryl methyl sites for hydroxylation is 2. The lowest BCUT2D eigenvalue weighted by molar-refractivity contribution is 0.00578. The molecule has 0 N–H and O–H groups in total. The maximum absolute atomic E-state index is 5.90. The number of thiophene rings is 1. The first-order valence-electron chi connectivity index (χ1n) is 10.2. The minimum Gasteiger partial charge on any atom is -0.496 e. The van der Waals surface area contributed by atoms with Crippen LogP contribution in [-0.2, 0) is 9.31 Å². The molecule has 1 fully saturated rings. The van der Waals surface area contributed by atoms with Gasteiger partial charge in [-0.3, -0.25) is 0 Å². The normalized spacial score (nSPS) is 15.5. The molecule has 6 heteroatoms. The summed E-state index contributed by atoms with van der Waals surface area (Å²) in [7, 11) is 3.16. The maximum Gasteiger partial charge on any atom is 0.505 e. The predicted molar refractivity (Wildman–Crippen MR) is 132 cm³/mol. The van der Waals surface area contributed by atoms with E-state index in [0.29, 0.717) is 0 Å². The van der Waals surface area contributed by atoms with Crippen LogP contribution in [0.4, 0.5) is 0 Å². The molecule has 2 aromatic rings. The van der Waals surface area contributed by atoms with Crippen LogP contribution >= 0.6 is 11.3 Å². The van der Waals surface area contributed by atoms with Gasteiger partial charge < -0.3 is 18.8 Å². The van der Waals surface area contributed by atoms with E-state index in [2.05, 4.69) is 40.9 Å². The predicted octanol–water partition coefficient (Wildman–Crippen LogP) is 6.20. The summed E-state index contributed by atoms with van der Waals surface area (Å²) in [6.45, 7) is 22.3. The van der Waals surface area contributed by atoms with Crippen LogP contribution in [0.1, 0.15) is 52.7 Å². The van der Waals surface area contributed by atoms with Crippen molar-refractivity contribution in [1.82, 2.24) is 0 Å². The third kappa shape index (κ3) is 7.19. The van der Waals surface area contributed by atoms with E-state index in [1.54, 1.807) is 25.6 Å². The first kappa shape index (κ1) is 28.2. The Bertz CT molecular complexity index is 696. The van der Waals surface area contributed by atoms with Gasteiger partial charge in [-0.2, -0.15) is 11.3 Å². The molecule has 30 heavy (non-hydrogen) atoms. The summed E-state index contributed by atoms with van der Waals surface area (Å²) < 4.78 is 23.3. The van der Waals surface area contributed by atoms with Gasteiger partial charge in [-0.1, -0.05) is 26.0 Å². The molecule has 1 aliphatic rings. The molecule has 2 heterocycles. The Morgan fingerprint density at radius 2 is 1.27 bits per heavy atom. The largest absolute Gasteiger partial charge is 0.505 e. The zero-order valence-corrected chi connectivity index (χ0v) is 21.2. The van der Waals surface area contributed by atoms with Crippen LogP contribution in [0.25, 0.3) is 0 Å². The molecule has 0 amide bonds. The molecule has 0 radical (unpaired) electrons. The quantitative estimate of drug-likeness (QED) is 0.426. The van der Waals surface area contributed by atoms with Crippen molar-refractivity contribution in [3.8, 4) is 11.5 Å². The number of hydrogen-bond acceptors (Lipinski definition) is 5. The Kier molecular flexibility index (Phi) is 12.1. The molecule has 1 aliphatic heterocycles. The van der Waals surface area contributed by atoms with Crippen molar-refractivity contribution in [3.63, 3.8) is 0 Å². The second-order valence-electron chi connectivity index (χ2n) is 7.40. The van der Waals surface area contributed by atoms with Crippen molar-refractivity contribution in [2.24, 2.45) is 0 Å². The van der Waals surface area contributed by atoms with E-state index in [-0.39, 0.29) is 18.3 Å². The van der Waals surface area contributed by atoms with Crippen LogP contribution in [0, 0.1) is 13.8 Å². The summed E-state index contributed by atoms with van der Waals surface area (Å²) in [4.78, 5) is 0. The lowest BCUT2D eigenvalue weighted by Gasteiger charge is -2.32. The Balaban J connectivity index is 0.000000486. The summed E-state index contributed by atoms with van der Waals surface area (Å²) in [5.41, 5.74) is 1.73. The van der Waals surface area contributed by atoms with Gasteiger partial charge in [-0.15, -0.1) is 13.2 Å². The van der Waals surface area contributed by atoms with Crippen LogP contribution in [-0.4, -0.2) is 32.5 Å². The highest BCUT2D eigenvalue weighted by Gasteiger charge is 2.52. The molecular weight excluding hydrogens is 395 g/mol. The van der Waals surface area contributed by atoms with Gasteiger partial charge in [-0.05, 0) is 70.2 Å². The fourth-order valence-corrected chi connectivity index (χ4v) is 3.27. The van der Waals surface area contributed by atoms with Gasteiger partial charge in [0.15, 0.2) is 0 Å².